The van der Waals surface area contributed by atoms with Crippen LogP contribution in [-0.4, -0.2) is 0 Å². The van der Waals surface area contributed by atoms with Gasteiger partial charge in [-0.2, -0.15) is 0 Å². The molecule has 0 nitrogen and oxygen atoms in total. The summed E-state index contributed by atoms with van der Waals surface area (Å²) in [6, 6.07) is 34.2. The van der Waals surface area contributed by atoms with Crippen LogP contribution in [0.25, 0.3) is 43.8 Å². The van der Waals surface area contributed by atoms with Crippen molar-refractivity contribution in [2.75, 3.05) is 0 Å². The van der Waals surface area contributed by atoms with Gasteiger partial charge in [-0.05, 0) is 72.7 Å². The van der Waals surface area contributed by atoms with Gasteiger partial charge in [-0.1, -0.05) is 138 Å². The fraction of sp³-hybridized carbons (Fsp3) is 0.257. The molecule has 0 aliphatic carbocycles. The number of benzene rings is 5. The lowest BCUT2D eigenvalue weighted by Gasteiger charge is -2.22. The second-order valence-electron chi connectivity index (χ2n) is 12.0. The van der Waals surface area contributed by atoms with Gasteiger partial charge in [-0.15, -0.1) is 0 Å². The molecular weight excluding hydrogens is 420 g/mol. The van der Waals surface area contributed by atoms with Crippen LogP contribution in [0.2, 0.25) is 0 Å². The Morgan fingerprint density at radius 2 is 0.829 bits per heavy atom. The molecule has 0 N–H and O–H groups in total. The first-order valence-electron chi connectivity index (χ1n) is 12.7. The van der Waals surface area contributed by atoms with Gasteiger partial charge in [0, 0.05) is 0 Å². The summed E-state index contributed by atoms with van der Waals surface area (Å²) in [6.07, 6.45) is 0. The van der Waals surface area contributed by atoms with Gasteiger partial charge in [0.05, 0.1) is 0 Å². The fourth-order valence-corrected chi connectivity index (χ4v) is 5.19. The molecule has 0 heteroatoms. The molecule has 5 aromatic rings. The van der Waals surface area contributed by atoms with Crippen molar-refractivity contribution in [1.29, 1.82) is 0 Å². The standard InChI is InChI=1S/C35H36/c1-23-12-21-30-31(22-23)33(25-15-19-27(20-16-25)35(5,6)7)29-11-9-8-10-28(29)32(30)24-13-17-26(18-14-24)34(2,3)4/h8-22H,1-7H3. The molecule has 0 saturated carbocycles. The lowest BCUT2D eigenvalue weighted by Crippen LogP contribution is -2.10. The summed E-state index contributed by atoms with van der Waals surface area (Å²) in [5.41, 5.74) is 9.50. The minimum absolute atomic E-state index is 0.141. The van der Waals surface area contributed by atoms with Crippen molar-refractivity contribution in [2.24, 2.45) is 0 Å². The Balaban J connectivity index is 1.83. The van der Waals surface area contributed by atoms with Crippen LogP contribution >= 0.6 is 0 Å². The van der Waals surface area contributed by atoms with E-state index < -0.39 is 0 Å². The van der Waals surface area contributed by atoms with Gasteiger partial charge >= 0.3 is 0 Å². The van der Waals surface area contributed by atoms with E-state index in [0.717, 1.165) is 0 Å². The Bertz CT molecular complexity index is 1520. The predicted octanol–water partition coefficient (Wildman–Crippen LogP) is 10.2. The zero-order valence-corrected chi connectivity index (χ0v) is 22.2. The quantitative estimate of drug-likeness (QED) is 0.232. The summed E-state index contributed by atoms with van der Waals surface area (Å²) in [5.74, 6) is 0. The molecule has 0 amide bonds. The Labute approximate surface area is 210 Å². The van der Waals surface area contributed by atoms with Crippen LogP contribution in [0.4, 0.5) is 0 Å². The Morgan fingerprint density at radius 1 is 0.429 bits per heavy atom. The second kappa shape index (κ2) is 8.38. The van der Waals surface area contributed by atoms with Gasteiger partial charge in [0.25, 0.3) is 0 Å². The molecule has 0 aliphatic rings. The van der Waals surface area contributed by atoms with Gasteiger partial charge in [0.15, 0.2) is 0 Å². The number of hydrogen-bond donors (Lipinski definition) is 0. The van der Waals surface area contributed by atoms with Gasteiger partial charge in [0.2, 0.25) is 0 Å². The Kier molecular flexibility index (Phi) is 5.59. The SMILES string of the molecule is Cc1ccc2c(-c3ccc(C(C)(C)C)cc3)c3ccccc3c(-c3ccc(C(C)(C)C)cc3)c2c1. The molecule has 0 heterocycles. The highest BCUT2D eigenvalue weighted by Crippen LogP contribution is 2.44. The third-order valence-corrected chi connectivity index (χ3v) is 7.26. The highest BCUT2D eigenvalue weighted by molar-refractivity contribution is 6.21. The van der Waals surface area contributed by atoms with Gasteiger partial charge in [0.1, 0.15) is 0 Å². The van der Waals surface area contributed by atoms with Crippen molar-refractivity contribution in [3.8, 4) is 22.3 Å². The first-order chi connectivity index (χ1) is 16.5. The van der Waals surface area contributed by atoms with Crippen LogP contribution in [0, 0.1) is 6.92 Å². The highest BCUT2D eigenvalue weighted by atomic mass is 14.2. The largest absolute Gasteiger partial charge is 0.0616 e. The summed E-state index contributed by atoms with van der Waals surface area (Å²) in [6.45, 7) is 15.8. The summed E-state index contributed by atoms with van der Waals surface area (Å²) in [4.78, 5) is 0. The average Bonchev–Trinajstić information content (AvgIpc) is 2.81. The van der Waals surface area contributed by atoms with Crippen molar-refractivity contribution < 1.29 is 0 Å². The summed E-state index contributed by atoms with van der Waals surface area (Å²) >= 11 is 0. The van der Waals surface area contributed by atoms with Crippen molar-refractivity contribution in [3.05, 3.63) is 108 Å². The monoisotopic (exact) mass is 456 g/mol. The molecule has 0 atom stereocenters. The molecule has 0 unspecified atom stereocenters. The second-order valence-corrected chi connectivity index (χ2v) is 12.0. The van der Waals surface area contributed by atoms with Crippen LogP contribution < -0.4 is 0 Å². The van der Waals surface area contributed by atoms with Crippen molar-refractivity contribution in [2.45, 2.75) is 59.3 Å². The maximum absolute atomic E-state index is 2.36. The molecule has 35 heavy (non-hydrogen) atoms. The van der Waals surface area contributed by atoms with Crippen LogP contribution in [0.1, 0.15) is 58.2 Å². The van der Waals surface area contributed by atoms with Gasteiger partial charge in [-0.3, -0.25) is 0 Å². The molecule has 0 spiro atoms. The third kappa shape index (κ3) is 4.27. The van der Waals surface area contributed by atoms with E-state index in [2.05, 4.69) is 139 Å². The Morgan fingerprint density at radius 3 is 1.26 bits per heavy atom. The zero-order valence-electron chi connectivity index (χ0n) is 22.2. The molecule has 5 rings (SSSR count). The van der Waals surface area contributed by atoms with E-state index >= 15 is 0 Å². The number of hydrogen-bond acceptors (Lipinski definition) is 0. The van der Waals surface area contributed by atoms with Gasteiger partial charge in [-0.25, -0.2) is 0 Å². The first-order valence-corrected chi connectivity index (χ1v) is 12.7. The topological polar surface area (TPSA) is 0 Å². The molecule has 176 valence electrons. The maximum atomic E-state index is 2.36. The normalized spacial score (nSPS) is 12.4. The van der Waals surface area contributed by atoms with Crippen LogP contribution in [0.15, 0.2) is 91.0 Å². The molecular formula is C35H36. The summed E-state index contributed by atoms with van der Waals surface area (Å²) < 4.78 is 0. The van der Waals surface area contributed by atoms with E-state index in [4.69, 9.17) is 0 Å². The number of aryl methyl sites for hydroxylation is 1. The molecule has 5 aromatic carbocycles. The van der Waals surface area contributed by atoms with Crippen LogP contribution in [-0.2, 0) is 10.8 Å². The van der Waals surface area contributed by atoms with Crippen molar-refractivity contribution in [1.82, 2.24) is 0 Å². The van der Waals surface area contributed by atoms with Gasteiger partial charge < -0.3 is 0 Å². The van der Waals surface area contributed by atoms with Crippen molar-refractivity contribution >= 4 is 21.5 Å². The molecule has 0 aromatic heterocycles. The number of rotatable bonds is 2. The van der Waals surface area contributed by atoms with E-state index in [-0.39, 0.29) is 10.8 Å². The average molecular weight is 457 g/mol. The van der Waals surface area contributed by atoms with Crippen LogP contribution in [0.3, 0.4) is 0 Å². The molecule has 0 aliphatic heterocycles. The van der Waals surface area contributed by atoms with E-state index in [1.807, 2.05) is 0 Å². The fourth-order valence-electron chi connectivity index (χ4n) is 5.19. The lowest BCUT2D eigenvalue weighted by atomic mass is 9.82. The van der Waals surface area contributed by atoms with Crippen molar-refractivity contribution in [3.63, 3.8) is 0 Å². The summed E-state index contributed by atoms with van der Waals surface area (Å²) in [5, 5.41) is 5.25. The van der Waals surface area contributed by atoms with Crippen LogP contribution in [0.5, 0.6) is 0 Å². The van der Waals surface area contributed by atoms with E-state index in [0.29, 0.717) is 0 Å². The molecule has 0 bridgehead atoms. The smallest absolute Gasteiger partial charge is 0.00263 e. The minimum atomic E-state index is 0.141. The first kappa shape index (κ1) is 23.4. The van der Waals surface area contributed by atoms with E-state index in [1.54, 1.807) is 0 Å². The number of fused-ring (bicyclic) bond motifs is 2. The zero-order chi connectivity index (χ0) is 25.0. The molecule has 0 saturated heterocycles. The lowest BCUT2D eigenvalue weighted by molar-refractivity contribution is 0.590. The third-order valence-electron chi connectivity index (χ3n) is 7.26. The van der Waals surface area contributed by atoms with E-state index in [9.17, 15) is 0 Å². The molecule has 0 fully saturated rings. The highest BCUT2D eigenvalue weighted by Gasteiger charge is 2.19. The predicted molar refractivity (Wildman–Crippen MR) is 154 cm³/mol. The minimum Gasteiger partial charge on any atom is -0.0616 e. The molecule has 0 radical (unpaired) electrons. The maximum Gasteiger partial charge on any atom is -0.00263 e. The van der Waals surface area contributed by atoms with E-state index in [1.165, 1.54) is 60.5 Å². The Hall–Kier alpha value is -3.38. The summed E-state index contributed by atoms with van der Waals surface area (Å²) in [7, 11) is 0.